The first-order valence-electron chi connectivity index (χ1n) is 13.4. The number of benzene rings is 4. The Labute approximate surface area is 236 Å². The van der Waals surface area contributed by atoms with Gasteiger partial charge in [-0.05, 0) is 60.1 Å². The molecule has 0 aromatic heterocycles. The number of fused-ring (bicyclic) bond motifs is 1. The highest BCUT2D eigenvalue weighted by molar-refractivity contribution is 7.92. The average Bonchev–Trinajstić information content (AvgIpc) is 2.97. The summed E-state index contributed by atoms with van der Waals surface area (Å²) in [4.78, 5) is 4.51. The molecule has 1 heterocycles. The molecule has 0 unspecified atom stereocenters. The zero-order valence-corrected chi connectivity index (χ0v) is 24.3. The van der Waals surface area contributed by atoms with Crippen LogP contribution in [0.3, 0.4) is 0 Å². The number of likely N-dealkylation sites (N-methyl/N-ethyl adjacent to an activating group) is 1. The van der Waals surface area contributed by atoms with Crippen LogP contribution in [0.5, 0.6) is 0 Å². The van der Waals surface area contributed by atoms with Gasteiger partial charge < -0.3 is 9.80 Å². The molecule has 1 fully saturated rings. The molecule has 2 N–H and O–H groups in total. The fraction of sp³-hybridized carbons (Fsp3) is 0.267. The lowest BCUT2D eigenvalue weighted by molar-refractivity contribution is 0.271. The zero-order chi connectivity index (χ0) is 28.3. The fourth-order valence-corrected chi connectivity index (χ4v) is 7.58. The normalized spacial score (nSPS) is 15.7. The van der Waals surface area contributed by atoms with E-state index in [0.29, 0.717) is 18.8 Å². The number of rotatable bonds is 9. The summed E-state index contributed by atoms with van der Waals surface area (Å²) in [6.45, 7) is 7.82. The van der Waals surface area contributed by atoms with Crippen molar-refractivity contribution < 1.29 is 16.8 Å². The molecule has 0 amide bonds. The van der Waals surface area contributed by atoms with E-state index in [0.717, 1.165) is 36.0 Å². The van der Waals surface area contributed by atoms with Gasteiger partial charge in [0.15, 0.2) is 0 Å². The van der Waals surface area contributed by atoms with E-state index in [9.17, 15) is 16.8 Å². The molecular weight excluding hydrogens is 544 g/mol. The summed E-state index contributed by atoms with van der Waals surface area (Å²) in [5.41, 5.74) is 1.56. The second kappa shape index (κ2) is 11.6. The molecule has 1 aliphatic rings. The maximum absolute atomic E-state index is 13.8. The Hall–Kier alpha value is -3.44. The van der Waals surface area contributed by atoms with Gasteiger partial charge in [0.05, 0.1) is 16.3 Å². The largest absolute Gasteiger partial charge is 0.368 e. The molecule has 0 bridgehead atoms. The number of nitrogens with one attached hydrogen (secondary N) is 2. The number of nitrogens with zero attached hydrogens (tertiary/aromatic N) is 2. The van der Waals surface area contributed by atoms with Crippen molar-refractivity contribution >= 4 is 42.2 Å². The van der Waals surface area contributed by atoms with E-state index in [4.69, 9.17) is 0 Å². The van der Waals surface area contributed by atoms with Crippen molar-refractivity contribution in [3.05, 3.63) is 96.6 Å². The Bertz CT molecular complexity index is 1700. The molecule has 0 saturated carbocycles. The Balaban J connectivity index is 1.49. The molecule has 1 atom stereocenters. The molecule has 4 aromatic rings. The minimum atomic E-state index is -4.02. The maximum Gasteiger partial charge on any atom is 0.261 e. The van der Waals surface area contributed by atoms with Crippen molar-refractivity contribution in [1.82, 2.24) is 9.62 Å². The van der Waals surface area contributed by atoms with Gasteiger partial charge in [0.25, 0.3) is 10.0 Å². The third kappa shape index (κ3) is 6.15. The molecule has 210 valence electrons. The summed E-state index contributed by atoms with van der Waals surface area (Å²) < 4.78 is 59.7. The lowest BCUT2D eigenvalue weighted by Crippen LogP contribution is -2.46. The van der Waals surface area contributed by atoms with Gasteiger partial charge in [-0.3, -0.25) is 4.72 Å². The quantitative estimate of drug-likeness (QED) is 0.296. The van der Waals surface area contributed by atoms with E-state index >= 15 is 0 Å². The Morgan fingerprint density at radius 2 is 1.43 bits per heavy atom. The first kappa shape index (κ1) is 28.1. The van der Waals surface area contributed by atoms with Crippen LogP contribution >= 0.6 is 0 Å². The van der Waals surface area contributed by atoms with E-state index in [2.05, 4.69) is 26.2 Å². The minimum absolute atomic E-state index is 0.0407. The molecule has 0 radical (unpaired) electrons. The standard InChI is InChI=1S/C30H34N4O4S2/c1-3-33-17-19-34(20-18-33)29-16-14-27(22-30(29)40(37,38)31-23(2)24-9-5-4-6-10-24)32-39(35,36)28-15-13-25-11-7-8-12-26(25)21-28/h4-16,21-23,31-32H,3,17-20H2,1-2H3/t23-/m0/s1. The topological polar surface area (TPSA) is 98.8 Å². The van der Waals surface area contributed by atoms with Crippen LogP contribution in [0.25, 0.3) is 10.8 Å². The third-order valence-electron chi connectivity index (χ3n) is 7.32. The predicted octanol–water partition coefficient (Wildman–Crippen LogP) is 4.82. The first-order valence-corrected chi connectivity index (χ1v) is 16.3. The van der Waals surface area contributed by atoms with Gasteiger partial charge in [-0.25, -0.2) is 21.6 Å². The van der Waals surface area contributed by atoms with E-state index in [-0.39, 0.29) is 15.5 Å². The van der Waals surface area contributed by atoms with Crippen LogP contribution in [-0.2, 0) is 20.0 Å². The smallest absolute Gasteiger partial charge is 0.261 e. The summed E-state index contributed by atoms with van der Waals surface area (Å²) >= 11 is 0. The molecule has 5 rings (SSSR count). The Morgan fingerprint density at radius 3 is 2.12 bits per heavy atom. The van der Waals surface area contributed by atoms with E-state index < -0.39 is 26.1 Å². The van der Waals surface area contributed by atoms with Crippen LogP contribution in [0.15, 0.2) is 101 Å². The van der Waals surface area contributed by atoms with Crippen LogP contribution in [-0.4, -0.2) is 54.5 Å². The number of hydrogen-bond acceptors (Lipinski definition) is 6. The molecule has 4 aromatic carbocycles. The van der Waals surface area contributed by atoms with Gasteiger partial charge >= 0.3 is 0 Å². The summed E-state index contributed by atoms with van der Waals surface area (Å²) in [5.74, 6) is 0. The molecule has 1 saturated heterocycles. The monoisotopic (exact) mass is 578 g/mol. The predicted molar refractivity (Wildman–Crippen MR) is 161 cm³/mol. The van der Waals surface area contributed by atoms with Crippen LogP contribution < -0.4 is 14.3 Å². The Kier molecular flexibility index (Phi) is 8.14. The van der Waals surface area contributed by atoms with Gasteiger partial charge in [-0.1, -0.05) is 67.6 Å². The van der Waals surface area contributed by atoms with Crippen molar-refractivity contribution in [1.29, 1.82) is 0 Å². The second-order valence-corrected chi connectivity index (χ2v) is 13.3. The van der Waals surface area contributed by atoms with Gasteiger partial charge in [0.2, 0.25) is 10.0 Å². The molecule has 40 heavy (non-hydrogen) atoms. The van der Waals surface area contributed by atoms with Crippen molar-refractivity contribution in [3.63, 3.8) is 0 Å². The lowest BCUT2D eigenvalue weighted by Gasteiger charge is -2.36. The van der Waals surface area contributed by atoms with Crippen molar-refractivity contribution in [2.75, 3.05) is 42.3 Å². The zero-order valence-electron chi connectivity index (χ0n) is 22.6. The number of sulfonamides is 2. The van der Waals surface area contributed by atoms with Gasteiger partial charge in [0, 0.05) is 32.2 Å². The highest BCUT2D eigenvalue weighted by Crippen LogP contribution is 2.32. The molecular formula is C30H34N4O4S2. The van der Waals surface area contributed by atoms with Crippen LogP contribution in [0.2, 0.25) is 0 Å². The first-order chi connectivity index (χ1) is 19.2. The lowest BCUT2D eigenvalue weighted by atomic mass is 10.1. The SMILES string of the molecule is CCN1CCN(c2ccc(NS(=O)(=O)c3ccc4ccccc4c3)cc2S(=O)(=O)N[C@@H](C)c2ccccc2)CC1. The second-order valence-electron chi connectivity index (χ2n) is 9.97. The van der Waals surface area contributed by atoms with Gasteiger partial charge in [-0.15, -0.1) is 0 Å². The molecule has 10 heteroatoms. The fourth-order valence-electron chi connectivity index (χ4n) is 5.01. The molecule has 0 spiro atoms. The van der Waals surface area contributed by atoms with E-state index in [1.807, 2.05) is 54.6 Å². The molecule has 8 nitrogen and oxygen atoms in total. The van der Waals surface area contributed by atoms with Crippen LogP contribution in [0.1, 0.15) is 25.5 Å². The highest BCUT2D eigenvalue weighted by atomic mass is 32.2. The Morgan fingerprint density at radius 1 is 0.750 bits per heavy atom. The van der Waals surface area contributed by atoms with Crippen molar-refractivity contribution in [2.24, 2.45) is 0 Å². The number of piperazine rings is 1. The van der Waals surface area contributed by atoms with E-state index in [1.165, 1.54) is 6.07 Å². The summed E-state index contributed by atoms with van der Waals surface area (Å²) in [7, 11) is -7.99. The van der Waals surface area contributed by atoms with E-state index in [1.54, 1.807) is 37.3 Å². The molecule has 1 aliphatic heterocycles. The van der Waals surface area contributed by atoms with Crippen molar-refractivity contribution in [3.8, 4) is 0 Å². The van der Waals surface area contributed by atoms with Gasteiger partial charge in [-0.2, -0.15) is 0 Å². The summed E-state index contributed by atoms with van der Waals surface area (Å²) in [6.07, 6.45) is 0. The minimum Gasteiger partial charge on any atom is -0.368 e. The summed E-state index contributed by atoms with van der Waals surface area (Å²) in [6, 6.07) is 26.0. The number of anilines is 2. The van der Waals surface area contributed by atoms with Crippen LogP contribution in [0.4, 0.5) is 11.4 Å². The average molecular weight is 579 g/mol. The third-order valence-corrected chi connectivity index (χ3v) is 10.3. The highest BCUT2D eigenvalue weighted by Gasteiger charge is 2.27. The summed E-state index contributed by atoms with van der Waals surface area (Å²) in [5, 5.41) is 1.73. The van der Waals surface area contributed by atoms with Gasteiger partial charge in [0.1, 0.15) is 4.90 Å². The van der Waals surface area contributed by atoms with Crippen LogP contribution in [0, 0.1) is 0 Å². The molecule has 0 aliphatic carbocycles. The van der Waals surface area contributed by atoms with Crippen molar-refractivity contribution in [2.45, 2.75) is 29.7 Å². The number of hydrogen-bond donors (Lipinski definition) is 2. The maximum atomic E-state index is 13.8.